The SMILES string of the molecule is Cn1ccc(COc2c(C(N)=S)oc3ccccc23)n1. The van der Waals surface area contributed by atoms with Gasteiger partial charge in [0.1, 0.15) is 17.2 Å². The van der Waals surface area contributed by atoms with Crippen molar-refractivity contribution in [1.82, 2.24) is 9.78 Å². The Kier molecular flexibility index (Phi) is 3.15. The topological polar surface area (TPSA) is 66.2 Å². The second-order valence-corrected chi connectivity index (χ2v) is 4.83. The monoisotopic (exact) mass is 287 g/mol. The number of fused-ring (bicyclic) bond motifs is 1. The second-order valence-electron chi connectivity index (χ2n) is 4.39. The van der Waals surface area contributed by atoms with Crippen LogP contribution in [0.15, 0.2) is 40.9 Å². The van der Waals surface area contributed by atoms with Crippen LogP contribution >= 0.6 is 12.2 Å². The highest BCUT2D eigenvalue weighted by Crippen LogP contribution is 2.33. The predicted octanol–water partition coefficient (Wildman–Crippen LogP) is 2.38. The third-order valence-corrected chi connectivity index (χ3v) is 3.09. The van der Waals surface area contributed by atoms with E-state index in [1.165, 1.54) is 0 Å². The van der Waals surface area contributed by atoms with Crippen LogP contribution in [0.3, 0.4) is 0 Å². The molecular formula is C14H13N3O2S. The van der Waals surface area contributed by atoms with Gasteiger partial charge in [0.2, 0.25) is 5.76 Å². The Bertz CT molecular complexity index is 776. The van der Waals surface area contributed by atoms with E-state index in [9.17, 15) is 0 Å². The Morgan fingerprint density at radius 3 is 2.90 bits per heavy atom. The van der Waals surface area contributed by atoms with Gasteiger partial charge < -0.3 is 14.9 Å². The number of para-hydroxylation sites is 1. The standard InChI is InChI=1S/C14H13N3O2S/c1-17-7-6-9(16-17)8-18-12-10-4-2-3-5-11(10)19-13(12)14(15)20/h2-7H,8H2,1H3,(H2,15,20). The number of nitrogens with zero attached hydrogens (tertiary/aromatic N) is 2. The summed E-state index contributed by atoms with van der Waals surface area (Å²) in [6, 6.07) is 9.45. The zero-order valence-corrected chi connectivity index (χ0v) is 11.7. The summed E-state index contributed by atoms with van der Waals surface area (Å²) >= 11 is 5.01. The van der Waals surface area contributed by atoms with Crippen molar-refractivity contribution in [3.05, 3.63) is 48.0 Å². The van der Waals surface area contributed by atoms with E-state index in [0.29, 0.717) is 23.7 Å². The van der Waals surface area contributed by atoms with Gasteiger partial charge >= 0.3 is 0 Å². The summed E-state index contributed by atoms with van der Waals surface area (Å²) < 4.78 is 13.2. The Hall–Kier alpha value is -2.34. The van der Waals surface area contributed by atoms with Crippen LogP contribution in [0.25, 0.3) is 11.0 Å². The maximum atomic E-state index is 5.81. The van der Waals surface area contributed by atoms with Crippen LogP contribution in [0.5, 0.6) is 5.75 Å². The number of hydrogen-bond acceptors (Lipinski definition) is 4. The maximum Gasteiger partial charge on any atom is 0.204 e. The lowest BCUT2D eigenvalue weighted by atomic mass is 10.2. The molecule has 3 aromatic rings. The van der Waals surface area contributed by atoms with Crippen LogP contribution in [0.2, 0.25) is 0 Å². The molecule has 0 fully saturated rings. The largest absolute Gasteiger partial charge is 0.482 e. The van der Waals surface area contributed by atoms with E-state index in [-0.39, 0.29) is 4.99 Å². The van der Waals surface area contributed by atoms with Crippen molar-refractivity contribution >= 4 is 28.2 Å². The fourth-order valence-electron chi connectivity index (χ4n) is 2.01. The van der Waals surface area contributed by atoms with E-state index in [0.717, 1.165) is 11.1 Å². The van der Waals surface area contributed by atoms with Crippen LogP contribution in [0, 0.1) is 0 Å². The Morgan fingerprint density at radius 2 is 2.20 bits per heavy atom. The van der Waals surface area contributed by atoms with Crippen molar-refractivity contribution in [2.75, 3.05) is 0 Å². The summed E-state index contributed by atoms with van der Waals surface area (Å²) in [5.74, 6) is 0.968. The number of nitrogens with two attached hydrogens (primary N) is 1. The summed E-state index contributed by atoms with van der Waals surface area (Å²) in [4.78, 5) is 0.178. The molecule has 0 aliphatic carbocycles. The van der Waals surface area contributed by atoms with Crippen LogP contribution in [-0.2, 0) is 13.7 Å². The van der Waals surface area contributed by atoms with E-state index in [1.807, 2.05) is 43.6 Å². The summed E-state index contributed by atoms with van der Waals surface area (Å²) in [5.41, 5.74) is 7.22. The molecule has 3 rings (SSSR count). The molecule has 0 aliphatic heterocycles. The van der Waals surface area contributed by atoms with E-state index in [2.05, 4.69) is 5.10 Å². The highest BCUT2D eigenvalue weighted by atomic mass is 32.1. The van der Waals surface area contributed by atoms with Crippen molar-refractivity contribution < 1.29 is 9.15 Å². The van der Waals surface area contributed by atoms with E-state index in [4.69, 9.17) is 27.1 Å². The summed E-state index contributed by atoms with van der Waals surface area (Å²) in [6.07, 6.45) is 1.86. The molecule has 0 aliphatic rings. The summed E-state index contributed by atoms with van der Waals surface area (Å²) in [5, 5.41) is 5.11. The molecule has 2 aromatic heterocycles. The van der Waals surface area contributed by atoms with Gasteiger partial charge in [-0.15, -0.1) is 0 Å². The third kappa shape index (κ3) is 2.25. The Morgan fingerprint density at radius 1 is 1.40 bits per heavy atom. The lowest BCUT2D eigenvalue weighted by Gasteiger charge is -2.04. The minimum atomic E-state index is 0.178. The molecule has 1 aromatic carbocycles. The first-order chi connectivity index (χ1) is 9.65. The normalized spacial score (nSPS) is 10.8. The first-order valence-electron chi connectivity index (χ1n) is 6.08. The smallest absolute Gasteiger partial charge is 0.204 e. The lowest BCUT2D eigenvalue weighted by molar-refractivity contribution is 0.298. The second kappa shape index (κ2) is 4.97. The van der Waals surface area contributed by atoms with Gasteiger partial charge in [-0.05, 0) is 18.2 Å². The van der Waals surface area contributed by atoms with Gasteiger partial charge in [0, 0.05) is 13.2 Å². The van der Waals surface area contributed by atoms with Crippen molar-refractivity contribution in [3.8, 4) is 5.75 Å². The molecule has 102 valence electrons. The number of hydrogen-bond donors (Lipinski definition) is 1. The number of rotatable bonds is 4. The minimum Gasteiger partial charge on any atom is -0.482 e. The van der Waals surface area contributed by atoms with Crippen LogP contribution in [0.1, 0.15) is 11.5 Å². The number of thiocarbonyl (C=S) groups is 1. The zero-order chi connectivity index (χ0) is 14.1. The minimum absolute atomic E-state index is 0.178. The lowest BCUT2D eigenvalue weighted by Crippen LogP contribution is -2.10. The van der Waals surface area contributed by atoms with Crippen LogP contribution in [-0.4, -0.2) is 14.8 Å². The number of benzene rings is 1. The first-order valence-corrected chi connectivity index (χ1v) is 6.48. The van der Waals surface area contributed by atoms with Gasteiger partial charge in [0.25, 0.3) is 0 Å². The van der Waals surface area contributed by atoms with Crippen LogP contribution in [0.4, 0.5) is 0 Å². The van der Waals surface area contributed by atoms with Gasteiger partial charge in [-0.2, -0.15) is 5.10 Å². The number of aromatic nitrogens is 2. The Labute approximate surface area is 120 Å². The highest BCUT2D eigenvalue weighted by molar-refractivity contribution is 7.80. The average molecular weight is 287 g/mol. The molecule has 5 nitrogen and oxygen atoms in total. The molecule has 20 heavy (non-hydrogen) atoms. The van der Waals surface area contributed by atoms with Gasteiger partial charge in [-0.3, -0.25) is 4.68 Å². The van der Waals surface area contributed by atoms with Crippen molar-refractivity contribution in [2.45, 2.75) is 6.61 Å². The molecule has 2 N–H and O–H groups in total. The van der Waals surface area contributed by atoms with Gasteiger partial charge in [0.05, 0.1) is 11.1 Å². The van der Waals surface area contributed by atoms with E-state index >= 15 is 0 Å². The molecule has 0 atom stereocenters. The molecule has 0 amide bonds. The molecule has 0 spiro atoms. The summed E-state index contributed by atoms with van der Waals surface area (Å²) in [7, 11) is 1.86. The number of aryl methyl sites for hydroxylation is 1. The molecule has 6 heteroatoms. The molecule has 0 saturated heterocycles. The first kappa shape index (κ1) is 12.7. The van der Waals surface area contributed by atoms with Crippen LogP contribution < -0.4 is 10.5 Å². The third-order valence-electron chi connectivity index (χ3n) is 2.91. The molecule has 2 heterocycles. The summed E-state index contributed by atoms with van der Waals surface area (Å²) in [6.45, 7) is 0.333. The van der Waals surface area contributed by atoms with E-state index < -0.39 is 0 Å². The predicted molar refractivity (Wildman–Crippen MR) is 79.6 cm³/mol. The fraction of sp³-hybridized carbons (Fsp3) is 0.143. The van der Waals surface area contributed by atoms with Crippen molar-refractivity contribution in [2.24, 2.45) is 12.8 Å². The fourth-order valence-corrected chi connectivity index (χ4v) is 2.15. The molecule has 0 bridgehead atoms. The zero-order valence-electron chi connectivity index (χ0n) is 10.9. The number of ether oxygens (including phenoxy) is 1. The maximum absolute atomic E-state index is 5.81. The Balaban J connectivity index is 1.96. The number of furan rings is 1. The quantitative estimate of drug-likeness (QED) is 0.746. The highest BCUT2D eigenvalue weighted by Gasteiger charge is 2.17. The van der Waals surface area contributed by atoms with Crippen molar-refractivity contribution in [1.29, 1.82) is 0 Å². The average Bonchev–Trinajstić information content (AvgIpc) is 3.00. The van der Waals surface area contributed by atoms with Gasteiger partial charge in [-0.25, -0.2) is 0 Å². The van der Waals surface area contributed by atoms with Gasteiger partial charge in [-0.1, -0.05) is 24.4 Å². The molecule has 0 unspecified atom stereocenters. The molecule has 0 radical (unpaired) electrons. The molecular weight excluding hydrogens is 274 g/mol. The van der Waals surface area contributed by atoms with Crippen molar-refractivity contribution in [3.63, 3.8) is 0 Å². The van der Waals surface area contributed by atoms with E-state index in [1.54, 1.807) is 4.68 Å². The molecule has 0 saturated carbocycles. The van der Waals surface area contributed by atoms with Gasteiger partial charge in [0.15, 0.2) is 5.75 Å².